The zero-order valence-corrected chi connectivity index (χ0v) is 14.9. The first kappa shape index (κ1) is 16.2. The van der Waals surface area contributed by atoms with Crippen LogP contribution in [0.4, 0.5) is 0 Å². The quantitative estimate of drug-likeness (QED) is 0.870. The van der Waals surface area contributed by atoms with Gasteiger partial charge in [0.05, 0.1) is 5.56 Å². The van der Waals surface area contributed by atoms with Crippen molar-refractivity contribution in [3.05, 3.63) is 35.5 Å². The molecule has 2 fully saturated rings. The van der Waals surface area contributed by atoms with Crippen LogP contribution in [0.25, 0.3) is 10.9 Å². The number of carboxylic acid groups (broad SMARTS) is 1. The maximum Gasteiger partial charge on any atom is 0.337 e. The van der Waals surface area contributed by atoms with Crippen molar-refractivity contribution in [2.24, 2.45) is 10.8 Å². The van der Waals surface area contributed by atoms with Crippen molar-refractivity contribution >= 4 is 22.8 Å². The summed E-state index contributed by atoms with van der Waals surface area (Å²) in [7, 11) is 0. The van der Waals surface area contributed by atoms with Crippen molar-refractivity contribution < 1.29 is 14.7 Å². The predicted octanol–water partition coefficient (Wildman–Crippen LogP) is 3.91. The zero-order chi connectivity index (χ0) is 18.0. The van der Waals surface area contributed by atoms with E-state index in [-0.39, 0.29) is 28.3 Å². The molecule has 0 spiro atoms. The molecule has 5 heteroatoms. The van der Waals surface area contributed by atoms with E-state index in [0.717, 1.165) is 25.8 Å². The number of nitrogens with zero attached hydrogens (tertiary/aromatic N) is 1. The smallest absolute Gasteiger partial charge is 0.337 e. The Kier molecular flexibility index (Phi) is 3.30. The number of benzene rings is 1. The number of carboxylic acids is 1. The summed E-state index contributed by atoms with van der Waals surface area (Å²) in [6.45, 7) is 7.58. The van der Waals surface area contributed by atoms with Crippen molar-refractivity contribution in [1.29, 1.82) is 0 Å². The minimum Gasteiger partial charge on any atom is -0.478 e. The maximum absolute atomic E-state index is 13.3. The standard InChI is InChI=1S/C20H24N2O3/c1-19(2)7-12-8-20(3,10-19)11-22(12)17(23)13-5-4-6-15-16(13)14(9-21-15)18(24)25/h4-6,9,12,21H,7-8,10-11H2,1-3H3,(H,24,25). The van der Waals surface area contributed by atoms with Crippen molar-refractivity contribution in [3.63, 3.8) is 0 Å². The molecule has 25 heavy (non-hydrogen) atoms. The summed E-state index contributed by atoms with van der Waals surface area (Å²) in [6.07, 6.45) is 4.63. The Bertz CT molecular complexity index is 882. The number of aromatic carboxylic acids is 1. The number of nitrogens with one attached hydrogen (secondary N) is 1. The van der Waals surface area contributed by atoms with Crippen LogP contribution in [-0.2, 0) is 0 Å². The van der Waals surface area contributed by atoms with Gasteiger partial charge < -0.3 is 15.0 Å². The molecule has 1 amide bonds. The number of hydrogen-bond donors (Lipinski definition) is 2. The molecule has 2 aliphatic rings. The summed E-state index contributed by atoms with van der Waals surface area (Å²) < 4.78 is 0. The number of hydrogen-bond acceptors (Lipinski definition) is 2. The summed E-state index contributed by atoms with van der Waals surface area (Å²) in [5.41, 5.74) is 1.73. The van der Waals surface area contributed by atoms with E-state index in [0.29, 0.717) is 16.5 Å². The van der Waals surface area contributed by atoms with Crippen LogP contribution in [0.3, 0.4) is 0 Å². The van der Waals surface area contributed by atoms with Crippen molar-refractivity contribution in [3.8, 4) is 0 Å². The van der Waals surface area contributed by atoms with Crippen LogP contribution < -0.4 is 0 Å². The lowest BCUT2D eigenvalue weighted by Gasteiger charge is -2.39. The molecule has 2 heterocycles. The first-order valence-corrected chi connectivity index (χ1v) is 8.84. The van der Waals surface area contributed by atoms with Crippen LogP contribution in [0.5, 0.6) is 0 Å². The van der Waals surface area contributed by atoms with Gasteiger partial charge in [-0.05, 0) is 42.2 Å². The Morgan fingerprint density at radius 1 is 1.20 bits per heavy atom. The van der Waals surface area contributed by atoms with Crippen LogP contribution in [0, 0.1) is 10.8 Å². The summed E-state index contributed by atoms with van der Waals surface area (Å²) in [6, 6.07) is 5.61. The summed E-state index contributed by atoms with van der Waals surface area (Å²) in [4.78, 5) is 29.9. The van der Waals surface area contributed by atoms with E-state index >= 15 is 0 Å². The zero-order valence-electron chi connectivity index (χ0n) is 14.9. The molecule has 2 unspecified atom stereocenters. The lowest BCUT2D eigenvalue weighted by molar-refractivity contribution is 0.0698. The Morgan fingerprint density at radius 2 is 1.96 bits per heavy atom. The third-order valence-corrected chi connectivity index (χ3v) is 5.84. The minimum absolute atomic E-state index is 0.0425. The maximum atomic E-state index is 13.3. The number of rotatable bonds is 2. The molecule has 2 atom stereocenters. The highest BCUT2D eigenvalue weighted by molar-refractivity contribution is 6.14. The van der Waals surface area contributed by atoms with E-state index in [1.165, 1.54) is 6.20 Å². The van der Waals surface area contributed by atoms with E-state index in [4.69, 9.17) is 0 Å². The van der Waals surface area contributed by atoms with Gasteiger partial charge in [-0.1, -0.05) is 26.8 Å². The Morgan fingerprint density at radius 3 is 2.68 bits per heavy atom. The van der Waals surface area contributed by atoms with E-state index in [9.17, 15) is 14.7 Å². The molecule has 1 aromatic heterocycles. The van der Waals surface area contributed by atoms with E-state index < -0.39 is 5.97 Å². The fraction of sp³-hybridized carbons (Fsp3) is 0.500. The molecule has 5 nitrogen and oxygen atoms in total. The molecule has 1 aliphatic heterocycles. The monoisotopic (exact) mass is 340 g/mol. The molecular weight excluding hydrogens is 316 g/mol. The SMILES string of the molecule is CC1(C)CC2CC(C)(CN2C(=O)c2cccc3[nH]cc(C(=O)O)c23)C1. The molecule has 2 N–H and O–H groups in total. The molecule has 2 bridgehead atoms. The second kappa shape index (κ2) is 5.10. The highest BCUT2D eigenvalue weighted by atomic mass is 16.4. The predicted molar refractivity (Wildman–Crippen MR) is 95.8 cm³/mol. The van der Waals surface area contributed by atoms with Gasteiger partial charge in [0.25, 0.3) is 5.91 Å². The van der Waals surface area contributed by atoms with Gasteiger partial charge in [0.1, 0.15) is 0 Å². The van der Waals surface area contributed by atoms with Crippen LogP contribution in [0.15, 0.2) is 24.4 Å². The van der Waals surface area contributed by atoms with Crippen LogP contribution in [0.1, 0.15) is 60.7 Å². The molecule has 1 saturated carbocycles. The first-order valence-electron chi connectivity index (χ1n) is 8.84. The highest BCUT2D eigenvalue weighted by Crippen LogP contribution is 2.52. The molecule has 0 radical (unpaired) electrons. The van der Waals surface area contributed by atoms with Crippen molar-refractivity contribution in [2.75, 3.05) is 6.54 Å². The molecule has 1 aromatic carbocycles. The number of aromatic amines is 1. The van der Waals surface area contributed by atoms with Gasteiger partial charge in [-0.2, -0.15) is 0 Å². The van der Waals surface area contributed by atoms with Crippen LogP contribution >= 0.6 is 0 Å². The van der Waals surface area contributed by atoms with Gasteiger partial charge in [0.15, 0.2) is 0 Å². The van der Waals surface area contributed by atoms with Gasteiger partial charge in [-0.25, -0.2) is 4.79 Å². The fourth-order valence-electron chi connectivity index (χ4n) is 5.38. The largest absolute Gasteiger partial charge is 0.478 e. The van der Waals surface area contributed by atoms with Gasteiger partial charge in [0.2, 0.25) is 0 Å². The first-order chi connectivity index (χ1) is 11.7. The molecule has 132 valence electrons. The fourth-order valence-corrected chi connectivity index (χ4v) is 5.38. The Labute approximate surface area is 147 Å². The molecule has 1 saturated heterocycles. The topological polar surface area (TPSA) is 73.4 Å². The van der Waals surface area contributed by atoms with Gasteiger partial charge in [-0.3, -0.25) is 4.79 Å². The third kappa shape index (κ3) is 2.53. The Balaban J connectivity index is 1.77. The number of H-pyrrole nitrogens is 1. The number of carbonyl (C=O) groups is 2. The Hall–Kier alpha value is -2.30. The highest BCUT2D eigenvalue weighted by Gasteiger charge is 2.51. The van der Waals surface area contributed by atoms with Crippen molar-refractivity contribution in [2.45, 2.75) is 46.1 Å². The van der Waals surface area contributed by atoms with Crippen LogP contribution in [-0.4, -0.2) is 39.5 Å². The summed E-state index contributed by atoms with van der Waals surface area (Å²) in [5.74, 6) is -1.06. The molecule has 1 aliphatic carbocycles. The second-order valence-electron chi connectivity index (χ2n) is 8.88. The normalized spacial score (nSPS) is 27.6. The average molecular weight is 340 g/mol. The van der Waals surface area contributed by atoms with E-state index in [2.05, 4.69) is 25.8 Å². The van der Waals surface area contributed by atoms with Crippen LogP contribution in [0.2, 0.25) is 0 Å². The minimum atomic E-state index is -1.01. The number of likely N-dealkylation sites (tertiary alicyclic amines) is 1. The van der Waals surface area contributed by atoms with Gasteiger partial charge in [0, 0.05) is 35.2 Å². The molecule has 2 aromatic rings. The molecule has 4 rings (SSSR count). The number of carbonyl (C=O) groups excluding carboxylic acids is 1. The molecular formula is C20H24N2O3. The van der Waals surface area contributed by atoms with E-state index in [1.807, 2.05) is 17.0 Å². The third-order valence-electron chi connectivity index (χ3n) is 5.84. The van der Waals surface area contributed by atoms with E-state index in [1.54, 1.807) is 6.07 Å². The lowest BCUT2D eigenvalue weighted by Crippen LogP contribution is -2.37. The number of fused-ring (bicyclic) bond motifs is 3. The second-order valence-corrected chi connectivity index (χ2v) is 8.88. The van der Waals surface area contributed by atoms with Gasteiger partial charge in [-0.15, -0.1) is 0 Å². The van der Waals surface area contributed by atoms with Gasteiger partial charge >= 0.3 is 5.97 Å². The summed E-state index contributed by atoms with van der Waals surface area (Å²) in [5, 5.41) is 9.98. The summed E-state index contributed by atoms with van der Waals surface area (Å²) >= 11 is 0. The lowest BCUT2D eigenvalue weighted by atomic mass is 9.65. The number of aromatic nitrogens is 1. The average Bonchev–Trinajstić information content (AvgIpc) is 3.03. The number of amides is 1. The van der Waals surface area contributed by atoms with Crippen molar-refractivity contribution in [1.82, 2.24) is 9.88 Å².